The number of ketones is 1. The van der Waals surface area contributed by atoms with Gasteiger partial charge in [0.25, 0.3) is 5.69 Å². The third-order valence-corrected chi connectivity index (χ3v) is 4.50. The monoisotopic (exact) mass is 448 g/mol. The van der Waals surface area contributed by atoms with Crippen molar-refractivity contribution in [2.24, 2.45) is 0 Å². The number of nitro benzene ring substituents is 1. The highest BCUT2D eigenvalue weighted by molar-refractivity contribution is 6.00. The number of hydrogen-bond acceptors (Lipinski definition) is 7. The molecule has 0 radical (unpaired) electrons. The van der Waals surface area contributed by atoms with Gasteiger partial charge in [-0.3, -0.25) is 19.7 Å². The van der Waals surface area contributed by atoms with Crippen molar-refractivity contribution >= 4 is 29.0 Å². The van der Waals surface area contributed by atoms with Crippen LogP contribution in [-0.4, -0.2) is 29.2 Å². The van der Waals surface area contributed by atoms with Crippen molar-refractivity contribution in [3.05, 3.63) is 94.0 Å². The van der Waals surface area contributed by atoms with Gasteiger partial charge >= 0.3 is 5.97 Å². The van der Waals surface area contributed by atoms with Gasteiger partial charge in [0.05, 0.1) is 10.5 Å². The SMILES string of the molecule is CCC(=O)Nc1cccc(C(=O)OCC(=O)c2ccc(Oc3ccc([N+](=O)[O-])cc3)cc2)c1. The van der Waals surface area contributed by atoms with E-state index in [0.717, 1.165) is 0 Å². The number of carbonyl (C=O) groups excluding carboxylic acids is 3. The van der Waals surface area contributed by atoms with Gasteiger partial charge in [-0.25, -0.2) is 4.79 Å². The summed E-state index contributed by atoms with van der Waals surface area (Å²) in [6, 6.07) is 18.0. The number of ether oxygens (including phenoxy) is 2. The smallest absolute Gasteiger partial charge is 0.338 e. The predicted molar refractivity (Wildman–Crippen MR) is 120 cm³/mol. The van der Waals surface area contributed by atoms with E-state index in [4.69, 9.17) is 9.47 Å². The molecule has 0 bridgehead atoms. The predicted octanol–water partition coefficient (Wildman–Crippen LogP) is 4.78. The van der Waals surface area contributed by atoms with Gasteiger partial charge < -0.3 is 14.8 Å². The van der Waals surface area contributed by atoms with Gasteiger partial charge in [0.2, 0.25) is 5.91 Å². The van der Waals surface area contributed by atoms with E-state index in [1.807, 2.05) is 0 Å². The number of benzene rings is 3. The van der Waals surface area contributed by atoms with E-state index in [1.165, 1.54) is 48.5 Å². The molecule has 1 amide bonds. The number of hydrogen-bond donors (Lipinski definition) is 1. The number of carbonyl (C=O) groups is 3. The maximum atomic E-state index is 12.4. The Bertz CT molecular complexity index is 1170. The van der Waals surface area contributed by atoms with Crippen LogP contribution in [0.2, 0.25) is 0 Å². The molecule has 3 aromatic carbocycles. The lowest BCUT2D eigenvalue weighted by Gasteiger charge is -2.08. The third-order valence-electron chi connectivity index (χ3n) is 4.50. The molecule has 0 spiro atoms. The molecule has 1 N–H and O–H groups in total. The summed E-state index contributed by atoms with van der Waals surface area (Å²) in [4.78, 5) is 46.3. The minimum absolute atomic E-state index is 0.0460. The molecule has 9 heteroatoms. The Kier molecular flexibility index (Phi) is 7.48. The second-order valence-electron chi connectivity index (χ2n) is 6.86. The van der Waals surface area contributed by atoms with Gasteiger partial charge in [0.15, 0.2) is 12.4 Å². The summed E-state index contributed by atoms with van der Waals surface area (Å²) in [7, 11) is 0. The van der Waals surface area contributed by atoms with Crippen LogP contribution in [0, 0.1) is 10.1 Å². The highest BCUT2D eigenvalue weighted by Gasteiger charge is 2.13. The highest BCUT2D eigenvalue weighted by Crippen LogP contribution is 2.24. The lowest BCUT2D eigenvalue weighted by Crippen LogP contribution is -2.15. The molecular weight excluding hydrogens is 428 g/mol. The average molecular weight is 448 g/mol. The molecule has 0 saturated heterocycles. The van der Waals surface area contributed by atoms with Crippen molar-refractivity contribution in [3.8, 4) is 11.5 Å². The molecule has 0 aliphatic carbocycles. The van der Waals surface area contributed by atoms with Crippen LogP contribution in [0.15, 0.2) is 72.8 Å². The van der Waals surface area contributed by atoms with Gasteiger partial charge in [0, 0.05) is 29.8 Å². The van der Waals surface area contributed by atoms with Gasteiger partial charge in [-0.05, 0) is 54.6 Å². The second-order valence-corrected chi connectivity index (χ2v) is 6.86. The summed E-state index contributed by atoms with van der Waals surface area (Å²) in [5, 5.41) is 13.4. The molecule has 3 aromatic rings. The van der Waals surface area contributed by atoms with Crippen LogP contribution in [0.25, 0.3) is 0 Å². The van der Waals surface area contributed by atoms with Crippen LogP contribution in [-0.2, 0) is 9.53 Å². The first-order valence-electron chi connectivity index (χ1n) is 9.98. The van der Waals surface area contributed by atoms with E-state index in [9.17, 15) is 24.5 Å². The lowest BCUT2D eigenvalue weighted by atomic mass is 10.1. The van der Waals surface area contributed by atoms with E-state index < -0.39 is 23.3 Å². The van der Waals surface area contributed by atoms with Crippen LogP contribution in [0.4, 0.5) is 11.4 Å². The fraction of sp³-hybridized carbons (Fsp3) is 0.125. The van der Waals surface area contributed by atoms with Gasteiger partial charge in [-0.1, -0.05) is 13.0 Å². The summed E-state index contributed by atoms with van der Waals surface area (Å²) in [5.41, 5.74) is 0.952. The Morgan fingerprint density at radius 2 is 1.55 bits per heavy atom. The molecule has 33 heavy (non-hydrogen) atoms. The Labute approximate surface area is 189 Å². The van der Waals surface area contributed by atoms with Crippen molar-refractivity contribution in [1.82, 2.24) is 0 Å². The Morgan fingerprint density at radius 1 is 0.909 bits per heavy atom. The molecule has 0 fully saturated rings. The zero-order valence-electron chi connectivity index (χ0n) is 17.6. The number of anilines is 1. The number of esters is 1. The van der Waals surface area contributed by atoms with E-state index in [0.29, 0.717) is 29.2 Å². The third kappa shape index (κ3) is 6.47. The molecule has 0 saturated carbocycles. The molecular formula is C24H20N2O7. The summed E-state index contributed by atoms with van der Waals surface area (Å²) < 4.78 is 10.7. The molecule has 9 nitrogen and oxygen atoms in total. The Hall–Kier alpha value is -4.53. The molecule has 0 aliphatic rings. The lowest BCUT2D eigenvalue weighted by molar-refractivity contribution is -0.384. The summed E-state index contributed by atoms with van der Waals surface area (Å²) in [6.07, 6.45) is 0.306. The van der Waals surface area contributed by atoms with Crippen LogP contribution < -0.4 is 10.1 Å². The maximum absolute atomic E-state index is 12.4. The van der Waals surface area contributed by atoms with Crippen LogP contribution >= 0.6 is 0 Å². The molecule has 0 heterocycles. The average Bonchev–Trinajstić information content (AvgIpc) is 2.83. The highest BCUT2D eigenvalue weighted by atomic mass is 16.6. The van der Waals surface area contributed by atoms with Crippen LogP contribution in [0.5, 0.6) is 11.5 Å². The number of nitrogens with one attached hydrogen (secondary N) is 1. The zero-order valence-corrected chi connectivity index (χ0v) is 17.6. The van der Waals surface area contributed by atoms with Crippen molar-refractivity contribution in [2.75, 3.05) is 11.9 Å². The fourth-order valence-corrected chi connectivity index (χ4v) is 2.75. The van der Waals surface area contributed by atoms with Crippen molar-refractivity contribution in [2.45, 2.75) is 13.3 Å². The van der Waals surface area contributed by atoms with E-state index >= 15 is 0 Å². The number of Topliss-reactive ketones (excluding diaryl/α,β-unsaturated/α-hetero) is 1. The number of amides is 1. The van der Waals surface area contributed by atoms with Crippen LogP contribution in [0.1, 0.15) is 34.1 Å². The zero-order chi connectivity index (χ0) is 23.8. The summed E-state index contributed by atoms with van der Waals surface area (Å²) in [6.45, 7) is 1.26. The largest absolute Gasteiger partial charge is 0.457 e. The molecule has 0 unspecified atom stereocenters. The number of non-ortho nitro benzene ring substituents is 1. The van der Waals surface area contributed by atoms with E-state index in [-0.39, 0.29) is 17.2 Å². The molecule has 3 rings (SSSR count). The summed E-state index contributed by atoms with van der Waals surface area (Å²) in [5.74, 6) is -0.430. The van der Waals surface area contributed by atoms with Gasteiger partial charge in [0.1, 0.15) is 11.5 Å². The quantitative estimate of drug-likeness (QED) is 0.216. The molecule has 0 aliphatic heterocycles. The number of nitrogens with zero attached hydrogens (tertiary/aromatic N) is 1. The second kappa shape index (κ2) is 10.7. The molecule has 0 atom stereocenters. The number of nitro groups is 1. The standard InChI is InChI=1S/C24H20N2O7/c1-2-23(28)25-18-5-3-4-17(14-18)24(29)32-15-22(27)16-6-10-20(11-7-16)33-21-12-8-19(9-13-21)26(30)31/h3-14H,2,15H2,1H3,(H,25,28). The van der Waals surface area contributed by atoms with Crippen molar-refractivity contribution in [1.29, 1.82) is 0 Å². The van der Waals surface area contributed by atoms with Crippen molar-refractivity contribution in [3.63, 3.8) is 0 Å². The minimum atomic E-state index is -0.686. The first-order chi connectivity index (χ1) is 15.9. The normalized spacial score (nSPS) is 10.2. The van der Waals surface area contributed by atoms with E-state index in [1.54, 1.807) is 31.2 Å². The molecule has 0 aromatic heterocycles. The summed E-state index contributed by atoms with van der Waals surface area (Å²) >= 11 is 0. The van der Waals surface area contributed by atoms with Gasteiger partial charge in [-0.15, -0.1) is 0 Å². The van der Waals surface area contributed by atoms with Crippen molar-refractivity contribution < 1.29 is 28.8 Å². The first-order valence-corrected chi connectivity index (χ1v) is 9.98. The Balaban J connectivity index is 1.55. The van der Waals surface area contributed by atoms with E-state index in [2.05, 4.69) is 5.32 Å². The minimum Gasteiger partial charge on any atom is -0.457 e. The topological polar surface area (TPSA) is 125 Å². The molecule has 168 valence electrons. The van der Waals surface area contributed by atoms with Crippen LogP contribution in [0.3, 0.4) is 0 Å². The maximum Gasteiger partial charge on any atom is 0.338 e. The number of rotatable bonds is 9. The Morgan fingerprint density at radius 3 is 2.15 bits per heavy atom. The first kappa shape index (κ1) is 23.1. The fourth-order valence-electron chi connectivity index (χ4n) is 2.75. The van der Waals surface area contributed by atoms with Gasteiger partial charge in [-0.2, -0.15) is 0 Å².